The van der Waals surface area contributed by atoms with Gasteiger partial charge < -0.3 is 5.73 Å². The third kappa shape index (κ3) is 2.37. The lowest BCUT2D eigenvalue weighted by Gasteiger charge is -2.10. The summed E-state index contributed by atoms with van der Waals surface area (Å²) in [5.41, 5.74) is 4.58. The molecule has 1 rings (SSSR count). The third-order valence-corrected chi connectivity index (χ3v) is 2.42. The lowest BCUT2D eigenvalue weighted by Crippen LogP contribution is -2.11. The molecule has 14 heavy (non-hydrogen) atoms. The Balaban J connectivity index is 3.29. The van der Waals surface area contributed by atoms with Gasteiger partial charge in [0, 0.05) is 16.6 Å². The maximum Gasteiger partial charge on any atom is 0.434 e. The Morgan fingerprint density at radius 2 is 2.07 bits per heavy atom. The van der Waals surface area contributed by atoms with Crippen LogP contribution < -0.4 is 5.73 Å². The average molecular weight is 289 g/mol. The van der Waals surface area contributed by atoms with Crippen LogP contribution >= 0.6 is 27.5 Å². The van der Waals surface area contributed by atoms with E-state index >= 15 is 0 Å². The third-order valence-electron chi connectivity index (χ3n) is 1.49. The van der Waals surface area contributed by atoms with E-state index in [9.17, 15) is 13.2 Å². The van der Waals surface area contributed by atoms with Gasteiger partial charge in [0.15, 0.2) is 5.69 Å². The topological polar surface area (TPSA) is 38.9 Å². The number of pyridine rings is 1. The number of aromatic nitrogens is 1. The molecule has 0 saturated carbocycles. The molecule has 2 N–H and O–H groups in total. The minimum absolute atomic E-state index is 0.0442. The fraction of sp³-hybridized carbons (Fsp3) is 0.286. The van der Waals surface area contributed by atoms with Gasteiger partial charge >= 0.3 is 6.18 Å². The Bertz CT molecular complexity index is 354. The van der Waals surface area contributed by atoms with Gasteiger partial charge in [-0.3, -0.25) is 0 Å². The standard InChI is InChI=1S/C7H5BrClF3N2/c8-4-1-3(2-13)6(9)14-5(4)7(10,11)12/h1H,2,13H2. The summed E-state index contributed by atoms with van der Waals surface area (Å²) in [5, 5.41) is -0.219. The summed E-state index contributed by atoms with van der Waals surface area (Å²) >= 11 is 8.26. The summed E-state index contributed by atoms with van der Waals surface area (Å²) in [6, 6.07) is 1.22. The average Bonchev–Trinajstić information content (AvgIpc) is 2.06. The molecule has 0 unspecified atom stereocenters. The molecule has 0 aliphatic carbocycles. The van der Waals surface area contributed by atoms with E-state index in [0.29, 0.717) is 5.56 Å². The van der Waals surface area contributed by atoms with Crippen LogP contribution in [0.2, 0.25) is 5.15 Å². The molecule has 0 fully saturated rings. The molecule has 2 nitrogen and oxygen atoms in total. The van der Waals surface area contributed by atoms with Gasteiger partial charge in [0.2, 0.25) is 0 Å². The quantitative estimate of drug-likeness (QED) is 0.807. The second kappa shape index (κ2) is 4.04. The summed E-state index contributed by atoms with van der Waals surface area (Å²) in [4.78, 5) is 3.23. The zero-order chi connectivity index (χ0) is 10.9. The second-order valence-corrected chi connectivity index (χ2v) is 3.68. The number of hydrogen-bond donors (Lipinski definition) is 1. The fourth-order valence-corrected chi connectivity index (χ4v) is 1.65. The SMILES string of the molecule is NCc1cc(Br)c(C(F)(F)F)nc1Cl. The number of rotatable bonds is 1. The number of halogens is 5. The molecule has 0 aromatic carbocycles. The van der Waals surface area contributed by atoms with E-state index in [0.717, 1.165) is 0 Å². The highest BCUT2D eigenvalue weighted by molar-refractivity contribution is 9.10. The summed E-state index contributed by atoms with van der Waals surface area (Å²) < 4.78 is 36.7. The first-order valence-corrected chi connectivity index (χ1v) is 4.65. The molecule has 1 heterocycles. The number of nitrogens with two attached hydrogens (primary N) is 1. The first-order chi connectivity index (χ1) is 6.36. The predicted octanol–water partition coefficient (Wildman–Crippen LogP) is 2.98. The zero-order valence-electron chi connectivity index (χ0n) is 6.70. The molecule has 7 heteroatoms. The summed E-state index contributed by atoms with van der Waals surface area (Å²) in [5.74, 6) is 0. The van der Waals surface area contributed by atoms with Gasteiger partial charge in [-0.25, -0.2) is 4.98 Å². The van der Waals surface area contributed by atoms with Gasteiger partial charge in [-0.2, -0.15) is 13.2 Å². The van der Waals surface area contributed by atoms with Crippen LogP contribution in [0.15, 0.2) is 10.5 Å². The molecule has 78 valence electrons. The van der Waals surface area contributed by atoms with Crippen LogP contribution in [0.25, 0.3) is 0 Å². The molecule has 0 aliphatic heterocycles. The van der Waals surface area contributed by atoms with Gasteiger partial charge in [-0.15, -0.1) is 0 Å². The maximum absolute atomic E-state index is 12.3. The van der Waals surface area contributed by atoms with Crippen molar-refractivity contribution in [1.29, 1.82) is 0 Å². The van der Waals surface area contributed by atoms with Crippen molar-refractivity contribution in [2.75, 3.05) is 0 Å². The highest BCUT2D eigenvalue weighted by atomic mass is 79.9. The molecular formula is C7H5BrClF3N2. The Labute approximate surface area is 91.4 Å². The van der Waals surface area contributed by atoms with E-state index in [1.807, 2.05) is 0 Å². The lowest BCUT2D eigenvalue weighted by atomic mass is 10.2. The molecule has 0 amide bonds. The van der Waals surface area contributed by atoms with Gasteiger partial charge in [0.1, 0.15) is 5.15 Å². The monoisotopic (exact) mass is 288 g/mol. The number of alkyl halides is 3. The summed E-state index contributed by atoms with van der Waals surface area (Å²) in [7, 11) is 0. The Kier molecular flexibility index (Phi) is 3.39. The van der Waals surface area contributed by atoms with E-state index in [1.165, 1.54) is 6.07 Å². The van der Waals surface area contributed by atoms with E-state index in [-0.39, 0.29) is 16.2 Å². The van der Waals surface area contributed by atoms with Crippen molar-refractivity contribution in [2.45, 2.75) is 12.7 Å². The van der Waals surface area contributed by atoms with Crippen molar-refractivity contribution in [3.63, 3.8) is 0 Å². The van der Waals surface area contributed by atoms with Crippen LogP contribution in [0.1, 0.15) is 11.3 Å². The van der Waals surface area contributed by atoms with Crippen LogP contribution in [-0.4, -0.2) is 4.98 Å². The number of nitrogens with zero attached hydrogens (tertiary/aromatic N) is 1. The second-order valence-electron chi connectivity index (χ2n) is 2.47. The Morgan fingerprint density at radius 3 is 2.50 bits per heavy atom. The Hall–Kier alpha value is -0.330. The van der Waals surface area contributed by atoms with E-state index in [2.05, 4.69) is 20.9 Å². The van der Waals surface area contributed by atoms with Crippen LogP contribution in [0.5, 0.6) is 0 Å². The largest absolute Gasteiger partial charge is 0.434 e. The predicted molar refractivity (Wildman–Crippen MR) is 49.8 cm³/mol. The van der Waals surface area contributed by atoms with Crippen LogP contribution in [-0.2, 0) is 12.7 Å². The first-order valence-electron chi connectivity index (χ1n) is 3.48. The van der Waals surface area contributed by atoms with Crippen LogP contribution in [0.4, 0.5) is 13.2 Å². The smallest absolute Gasteiger partial charge is 0.326 e. The van der Waals surface area contributed by atoms with Crippen molar-refractivity contribution in [3.8, 4) is 0 Å². The molecule has 1 aromatic rings. The van der Waals surface area contributed by atoms with E-state index in [1.54, 1.807) is 0 Å². The van der Waals surface area contributed by atoms with Crippen LogP contribution in [0, 0.1) is 0 Å². The summed E-state index contributed by atoms with van der Waals surface area (Å²) in [6.45, 7) is 0.0442. The molecule has 0 bridgehead atoms. The zero-order valence-corrected chi connectivity index (χ0v) is 9.04. The van der Waals surface area contributed by atoms with Crippen LogP contribution in [0.3, 0.4) is 0 Å². The van der Waals surface area contributed by atoms with Crippen molar-refractivity contribution in [3.05, 3.63) is 26.9 Å². The molecule has 0 saturated heterocycles. The van der Waals surface area contributed by atoms with Crippen molar-refractivity contribution < 1.29 is 13.2 Å². The fourth-order valence-electron chi connectivity index (χ4n) is 0.846. The molecule has 0 atom stereocenters. The van der Waals surface area contributed by atoms with Crippen molar-refractivity contribution >= 4 is 27.5 Å². The van der Waals surface area contributed by atoms with Gasteiger partial charge in [0.05, 0.1) is 0 Å². The minimum atomic E-state index is -4.52. The highest BCUT2D eigenvalue weighted by Crippen LogP contribution is 2.35. The first kappa shape index (κ1) is 11.7. The van der Waals surface area contributed by atoms with E-state index in [4.69, 9.17) is 17.3 Å². The molecule has 0 spiro atoms. The van der Waals surface area contributed by atoms with Gasteiger partial charge in [-0.1, -0.05) is 11.6 Å². The molecular weight excluding hydrogens is 284 g/mol. The normalized spacial score (nSPS) is 11.9. The van der Waals surface area contributed by atoms with Gasteiger partial charge in [-0.05, 0) is 22.0 Å². The minimum Gasteiger partial charge on any atom is -0.326 e. The lowest BCUT2D eigenvalue weighted by molar-refractivity contribution is -0.141. The van der Waals surface area contributed by atoms with Crippen molar-refractivity contribution in [2.24, 2.45) is 5.73 Å². The number of hydrogen-bond acceptors (Lipinski definition) is 2. The molecule has 1 aromatic heterocycles. The Morgan fingerprint density at radius 1 is 1.50 bits per heavy atom. The van der Waals surface area contributed by atoms with Crippen molar-refractivity contribution in [1.82, 2.24) is 4.98 Å². The molecule has 0 radical (unpaired) electrons. The van der Waals surface area contributed by atoms with E-state index < -0.39 is 11.9 Å². The summed E-state index contributed by atoms with van der Waals surface area (Å²) in [6.07, 6.45) is -4.52. The molecule has 0 aliphatic rings. The van der Waals surface area contributed by atoms with Gasteiger partial charge in [0.25, 0.3) is 0 Å². The highest BCUT2D eigenvalue weighted by Gasteiger charge is 2.35. The maximum atomic E-state index is 12.3.